The predicted molar refractivity (Wildman–Crippen MR) is 87.7 cm³/mol. The monoisotopic (exact) mass is 304 g/mol. The summed E-state index contributed by atoms with van der Waals surface area (Å²) in [7, 11) is 0. The van der Waals surface area contributed by atoms with Crippen LogP contribution in [0.25, 0.3) is 10.9 Å². The fourth-order valence-corrected chi connectivity index (χ4v) is 3.40. The van der Waals surface area contributed by atoms with Crippen LogP contribution in [0.2, 0.25) is 4.34 Å². The molecule has 0 saturated heterocycles. The topological polar surface area (TPSA) is 17.0 Å². The molecular weight excluding hydrogens is 288 g/mol. The van der Waals surface area contributed by atoms with Crippen LogP contribution < -0.4 is 5.32 Å². The summed E-state index contributed by atoms with van der Waals surface area (Å²) >= 11 is 7.56. The van der Waals surface area contributed by atoms with Gasteiger partial charge in [0.2, 0.25) is 0 Å². The Hall–Kier alpha value is -1.29. The lowest BCUT2D eigenvalue weighted by molar-refractivity contribution is 0.613. The van der Waals surface area contributed by atoms with E-state index >= 15 is 0 Å². The third-order valence-corrected chi connectivity index (χ3v) is 4.62. The second-order valence-corrected chi connectivity index (χ2v) is 6.75. The normalized spacial score (nSPS) is 11.3. The molecule has 2 heterocycles. The number of fused-ring (bicyclic) bond motifs is 1. The van der Waals surface area contributed by atoms with Gasteiger partial charge in [-0.2, -0.15) is 0 Å². The highest BCUT2D eigenvalue weighted by molar-refractivity contribution is 7.16. The fourth-order valence-electron chi connectivity index (χ4n) is 2.35. The van der Waals surface area contributed by atoms with E-state index in [-0.39, 0.29) is 0 Å². The van der Waals surface area contributed by atoms with Crippen LogP contribution >= 0.6 is 22.9 Å². The standard InChI is InChI=1S/C16H17ClN2S/c1-12-2-3-13-6-8-19(15(13)10-12)9-7-18-11-14-4-5-16(17)20-14/h2-6,8,10,18H,7,9,11H2,1H3. The average Bonchev–Trinajstić information content (AvgIpc) is 3.01. The Morgan fingerprint density at radius 1 is 1.20 bits per heavy atom. The van der Waals surface area contributed by atoms with Crippen LogP contribution in [0, 0.1) is 6.92 Å². The first-order valence-corrected chi connectivity index (χ1v) is 7.92. The fraction of sp³-hybridized carbons (Fsp3) is 0.250. The molecule has 0 aliphatic carbocycles. The number of nitrogens with zero attached hydrogens (tertiary/aromatic N) is 1. The summed E-state index contributed by atoms with van der Waals surface area (Å²) < 4.78 is 3.16. The summed E-state index contributed by atoms with van der Waals surface area (Å²) in [5.74, 6) is 0. The summed E-state index contributed by atoms with van der Waals surface area (Å²) in [6.07, 6.45) is 2.16. The first-order chi connectivity index (χ1) is 9.72. The smallest absolute Gasteiger partial charge is 0.0931 e. The molecule has 0 radical (unpaired) electrons. The van der Waals surface area contributed by atoms with Crippen molar-refractivity contribution in [1.82, 2.24) is 9.88 Å². The lowest BCUT2D eigenvalue weighted by atomic mass is 10.2. The van der Waals surface area contributed by atoms with Crippen molar-refractivity contribution in [1.29, 1.82) is 0 Å². The van der Waals surface area contributed by atoms with E-state index in [9.17, 15) is 0 Å². The lowest BCUT2D eigenvalue weighted by Gasteiger charge is -2.07. The molecular formula is C16H17ClN2S. The molecule has 2 nitrogen and oxygen atoms in total. The Kier molecular flexibility index (Phi) is 4.10. The minimum Gasteiger partial charge on any atom is -0.346 e. The van der Waals surface area contributed by atoms with E-state index in [1.165, 1.54) is 21.3 Å². The summed E-state index contributed by atoms with van der Waals surface area (Å²) in [6.45, 7) is 4.95. The molecule has 0 bridgehead atoms. The van der Waals surface area contributed by atoms with Crippen molar-refractivity contribution in [2.45, 2.75) is 20.0 Å². The molecule has 104 valence electrons. The minimum absolute atomic E-state index is 0.855. The predicted octanol–water partition coefficient (Wildman–Crippen LogP) is 4.45. The largest absolute Gasteiger partial charge is 0.346 e. The van der Waals surface area contributed by atoms with Crippen LogP contribution in [-0.4, -0.2) is 11.1 Å². The van der Waals surface area contributed by atoms with Crippen LogP contribution in [0.1, 0.15) is 10.4 Å². The second kappa shape index (κ2) is 6.00. The van der Waals surface area contributed by atoms with Crippen molar-refractivity contribution in [3.8, 4) is 0 Å². The quantitative estimate of drug-likeness (QED) is 0.689. The number of thiophene rings is 1. The number of aromatic nitrogens is 1. The van der Waals surface area contributed by atoms with E-state index in [2.05, 4.69) is 53.3 Å². The molecule has 3 rings (SSSR count). The maximum atomic E-state index is 5.92. The molecule has 0 spiro atoms. The molecule has 4 heteroatoms. The highest BCUT2D eigenvalue weighted by atomic mass is 35.5. The first-order valence-electron chi connectivity index (χ1n) is 6.73. The van der Waals surface area contributed by atoms with E-state index < -0.39 is 0 Å². The molecule has 0 unspecified atom stereocenters. The maximum Gasteiger partial charge on any atom is 0.0931 e. The molecule has 0 fully saturated rings. The molecule has 0 aliphatic heterocycles. The van der Waals surface area contributed by atoms with Crippen molar-refractivity contribution in [2.75, 3.05) is 6.54 Å². The van der Waals surface area contributed by atoms with E-state index in [0.29, 0.717) is 0 Å². The number of halogens is 1. The number of hydrogen-bond donors (Lipinski definition) is 1. The molecule has 1 N–H and O–H groups in total. The van der Waals surface area contributed by atoms with Crippen molar-refractivity contribution >= 4 is 33.8 Å². The SMILES string of the molecule is Cc1ccc2ccn(CCNCc3ccc(Cl)s3)c2c1. The van der Waals surface area contributed by atoms with Crippen molar-refractivity contribution in [3.05, 3.63) is 57.4 Å². The van der Waals surface area contributed by atoms with Gasteiger partial charge in [-0.15, -0.1) is 11.3 Å². The van der Waals surface area contributed by atoms with Gasteiger partial charge in [-0.25, -0.2) is 0 Å². The van der Waals surface area contributed by atoms with E-state index in [0.717, 1.165) is 24.0 Å². The van der Waals surface area contributed by atoms with Crippen molar-refractivity contribution < 1.29 is 0 Å². The zero-order valence-electron chi connectivity index (χ0n) is 11.4. The number of hydrogen-bond acceptors (Lipinski definition) is 2. The average molecular weight is 305 g/mol. The van der Waals surface area contributed by atoms with Gasteiger partial charge < -0.3 is 9.88 Å². The Labute approximate surface area is 128 Å². The first kappa shape index (κ1) is 13.7. The van der Waals surface area contributed by atoms with Crippen molar-refractivity contribution in [2.24, 2.45) is 0 Å². The molecule has 20 heavy (non-hydrogen) atoms. The van der Waals surface area contributed by atoms with Crippen molar-refractivity contribution in [3.63, 3.8) is 0 Å². The maximum absolute atomic E-state index is 5.92. The Balaban J connectivity index is 1.58. The summed E-state index contributed by atoms with van der Waals surface area (Å²) in [5, 5.41) is 4.77. The van der Waals surface area contributed by atoms with Crippen LogP contribution in [0.15, 0.2) is 42.6 Å². The Bertz CT molecular complexity index is 714. The number of rotatable bonds is 5. The van der Waals surface area contributed by atoms with Gasteiger partial charge in [0.05, 0.1) is 4.34 Å². The van der Waals surface area contributed by atoms with Gasteiger partial charge in [-0.3, -0.25) is 0 Å². The van der Waals surface area contributed by atoms with Gasteiger partial charge in [-0.1, -0.05) is 23.7 Å². The number of benzene rings is 1. The zero-order chi connectivity index (χ0) is 13.9. The van der Waals surface area contributed by atoms with Gasteiger partial charge in [0, 0.05) is 36.2 Å². The van der Waals surface area contributed by atoms with E-state index in [1.807, 2.05) is 6.07 Å². The highest BCUT2D eigenvalue weighted by Crippen LogP contribution is 2.21. The molecule has 3 aromatic rings. The zero-order valence-corrected chi connectivity index (χ0v) is 13.0. The van der Waals surface area contributed by atoms with Crippen LogP contribution in [0.4, 0.5) is 0 Å². The van der Waals surface area contributed by atoms with Gasteiger partial charge in [0.1, 0.15) is 0 Å². The molecule has 2 aromatic heterocycles. The number of nitrogens with one attached hydrogen (secondary N) is 1. The van der Waals surface area contributed by atoms with Crippen LogP contribution in [-0.2, 0) is 13.1 Å². The third-order valence-electron chi connectivity index (χ3n) is 3.39. The third kappa shape index (κ3) is 3.06. The molecule has 1 aromatic carbocycles. The van der Waals surface area contributed by atoms with Crippen LogP contribution in [0.5, 0.6) is 0 Å². The summed E-state index contributed by atoms with van der Waals surface area (Å²) in [4.78, 5) is 1.28. The van der Waals surface area contributed by atoms with E-state index in [4.69, 9.17) is 11.6 Å². The molecule has 0 atom stereocenters. The summed E-state index contributed by atoms with van der Waals surface area (Å²) in [6, 6.07) is 12.8. The Morgan fingerprint density at radius 2 is 2.10 bits per heavy atom. The highest BCUT2D eigenvalue weighted by Gasteiger charge is 2.01. The molecule has 0 saturated carbocycles. The summed E-state index contributed by atoms with van der Waals surface area (Å²) in [5.41, 5.74) is 2.62. The molecule has 0 amide bonds. The lowest BCUT2D eigenvalue weighted by Crippen LogP contribution is -2.18. The van der Waals surface area contributed by atoms with Gasteiger partial charge in [-0.05, 0) is 42.1 Å². The van der Waals surface area contributed by atoms with Gasteiger partial charge in [0.15, 0.2) is 0 Å². The van der Waals surface area contributed by atoms with Gasteiger partial charge >= 0.3 is 0 Å². The molecule has 0 aliphatic rings. The Morgan fingerprint density at radius 3 is 2.90 bits per heavy atom. The second-order valence-electron chi connectivity index (χ2n) is 4.95. The van der Waals surface area contributed by atoms with E-state index in [1.54, 1.807) is 11.3 Å². The van der Waals surface area contributed by atoms with Gasteiger partial charge in [0.25, 0.3) is 0 Å². The number of aryl methyl sites for hydroxylation is 1. The minimum atomic E-state index is 0.855. The van der Waals surface area contributed by atoms with Crippen LogP contribution in [0.3, 0.4) is 0 Å².